The molecule has 1 aliphatic heterocycles. The molecule has 7 heteroatoms. The van der Waals surface area contributed by atoms with Gasteiger partial charge >= 0.3 is 12.0 Å². The van der Waals surface area contributed by atoms with Crippen LogP contribution in [0.3, 0.4) is 0 Å². The van der Waals surface area contributed by atoms with Crippen molar-refractivity contribution in [1.82, 2.24) is 10.6 Å². The van der Waals surface area contributed by atoms with Crippen molar-refractivity contribution in [2.75, 3.05) is 19.8 Å². The third-order valence-corrected chi connectivity index (χ3v) is 2.95. The Labute approximate surface area is 109 Å². The zero-order valence-corrected chi connectivity index (χ0v) is 10.3. The summed E-state index contributed by atoms with van der Waals surface area (Å²) < 4.78 is 10.2. The monoisotopic (exact) mass is 268 g/mol. The predicted octanol–water partition coefficient (Wildman–Crippen LogP) is 0.221. The molecule has 7 nitrogen and oxygen atoms in total. The van der Waals surface area contributed by atoms with E-state index in [0.717, 1.165) is 5.76 Å². The molecule has 104 valence electrons. The minimum atomic E-state index is -0.960. The highest BCUT2D eigenvalue weighted by atomic mass is 16.5. The summed E-state index contributed by atoms with van der Waals surface area (Å²) in [5.41, 5.74) is 0. The highest BCUT2D eigenvalue weighted by molar-refractivity contribution is 5.77. The molecule has 0 saturated carbocycles. The fourth-order valence-corrected chi connectivity index (χ4v) is 1.91. The Kier molecular flexibility index (Phi) is 4.40. The zero-order chi connectivity index (χ0) is 13.7. The molecule has 0 bridgehead atoms. The van der Waals surface area contributed by atoms with Gasteiger partial charge in [0.05, 0.1) is 25.5 Å². The first-order valence-corrected chi connectivity index (χ1v) is 6.04. The van der Waals surface area contributed by atoms with E-state index < -0.39 is 24.0 Å². The minimum absolute atomic E-state index is 0.132. The van der Waals surface area contributed by atoms with Crippen molar-refractivity contribution in [2.45, 2.75) is 12.5 Å². The standard InChI is InChI=1S/C12H16N2O5/c15-11(16)9-6-18-7-10(9)14-12(17)13-4-3-8-2-1-5-19-8/h1-2,5,9-10H,3-4,6-7H2,(H,15,16)(H2,13,14,17). The lowest BCUT2D eigenvalue weighted by molar-refractivity contribution is -0.142. The molecule has 1 aromatic heterocycles. The predicted molar refractivity (Wildman–Crippen MR) is 64.7 cm³/mol. The molecule has 19 heavy (non-hydrogen) atoms. The lowest BCUT2D eigenvalue weighted by Crippen LogP contribution is -2.47. The fraction of sp³-hybridized carbons (Fsp3) is 0.500. The van der Waals surface area contributed by atoms with Crippen LogP contribution in [0.5, 0.6) is 0 Å². The molecule has 3 N–H and O–H groups in total. The van der Waals surface area contributed by atoms with E-state index in [0.29, 0.717) is 13.0 Å². The zero-order valence-electron chi connectivity index (χ0n) is 10.3. The first kappa shape index (κ1) is 13.4. The third-order valence-electron chi connectivity index (χ3n) is 2.95. The van der Waals surface area contributed by atoms with Crippen molar-refractivity contribution in [3.63, 3.8) is 0 Å². The molecule has 2 amide bonds. The van der Waals surface area contributed by atoms with E-state index in [9.17, 15) is 9.59 Å². The van der Waals surface area contributed by atoms with Crippen molar-refractivity contribution in [1.29, 1.82) is 0 Å². The van der Waals surface area contributed by atoms with E-state index >= 15 is 0 Å². The van der Waals surface area contributed by atoms with Crippen LogP contribution in [0.4, 0.5) is 4.79 Å². The molecule has 2 rings (SSSR count). The van der Waals surface area contributed by atoms with Crippen molar-refractivity contribution >= 4 is 12.0 Å². The van der Waals surface area contributed by atoms with Crippen LogP contribution < -0.4 is 10.6 Å². The third kappa shape index (κ3) is 3.72. The van der Waals surface area contributed by atoms with E-state index in [2.05, 4.69) is 10.6 Å². The summed E-state index contributed by atoms with van der Waals surface area (Å²) in [6, 6.07) is 2.72. The van der Waals surface area contributed by atoms with Gasteiger partial charge in [0.1, 0.15) is 11.7 Å². The highest BCUT2D eigenvalue weighted by Gasteiger charge is 2.34. The van der Waals surface area contributed by atoms with Gasteiger partial charge in [-0.3, -0.25) is 4.79 Å². The largest absolute Gasteiger partial charge is 0.481 e. The molecule has 1 saturated heterocycles. The van der Waals surface area contributed by atoms with Gasteiger partial charge in [-0.05, 0) is 12.1 Å². The summed E-state index contributed by atoms with van der Waals surface area (Å²) in [5, 5.41) is 14.2. The fourth-order valence-electron chi connectivity index (χ4n) is 1.91. The second kappa shape index (κ2) is 6.24. The lowest BCUT2D eigenvalue weighted by Gasteiger charge is -2.15. The molecule has 0 radical (unpaired) electrons. The number of hydrogen-bond donors (Lipinski definition) is 3. The van der Waals surface area contributed by atoms with Crippen LogP contribution in [0.1, 0.15) is 5.76 Å². The van der Waals surface area contributed by atoms with Crippen LogP contribution in [0.25, 0.3) is 0 Å². The average molecular weight is 268 g/mol. The number of amides is 2. The number of carbonyl (C=O) groups excluding carboxylic acids is 1. The quantitative estimate of drug-likeness (QED) is 0.709. The van der Waals surface area contributed by atoms with Crippen molar-refractivity contribution in [3.8, 4) is 0 Å². The van der Waals surface area contributed by atoms with Crippen molar-refractivity contribution in [3.05, 3.63) is 24.2 Å². The van der Waals surface area contributed by atoms with E-state index in [4.69, 9.17) is 14.3 Å². The second-order valence-corrected chi connectivity index (χ2v) is 4.32. The first-order valence-electron chi connectivity index (χ1n) is 6.04. The van der Waals surface area contributed by atoms with Crippen LogP contribution >= 0.6 is 0 Å². The Morgan fingerprint density at radius 3 is 2.95 bits per heavy atom. The molecule has 2 heterocycles. The van der Waals surface area contributed by atoms with Crippen molar-refractivity contribution < 1.29 is 23.8 Å². The molecule has 0 aliphatic carbocycles. The molecule has 2 atom stereocenters. The van der Waals surface area contributed by atoms with Gasteiger partial charge in [-0.25, -0.2) is 4.79 Å². The number of carbonyl (C=O) groups is 2. The number of furan rings is 1. The van der Waals surface area contributed by atoms with Gasteiger partial charge in [0, 0.05) is 13.0 Å². The summed E-state index contributed by atoms with van der Waals surface area (Å²) in [4.78, 5) is 22.5. The first-order chi connectivity index (χ1) is 9.16. The van der Waals surface area contributed by atoms with Gasteiger partial charge in [-0.2, -0.15) is 0 Å². The van der Waals surface area contributed by atoms with E-state index in [1.54, 1.807) is 12.3 Å². The van der Waals surface area contributed by atoms with Gasteiger partial charge in [0.15, 0.2) is 0 Å². The maximum atomic E-state index is 11.6. The number of ether oxygens (including phenoxy) is 1. The summed E-state index contributed by atoms with van der Waals surface area (Å²) in [7, 11) is 0. The number of nitrogens with one attached hydrogen (secondary N) is 2. The van der Waals surface area contributed by atoms with Gasteiger partial charge < -0.3 is 24.9 Å². The summed E-state index contributed by atoms with van der Waals surface area (Å²) in [5.74, 6) is -0.859. The van der Waals surface area contributed by atoms with Crippen LogP contribution in [0.15, 0.2) is 22.8 Å². The number of carboxylic acid groups (broad SMARTS) is 1. The molecular formula is C12H16N2O5. The summed E-state index contributed by atoms with van der Waals surface area (Å²) in [6.07, 6.45) is 2.16. The molecule has 0 aromatic carbocycles. The van der Waals surface area contributed by atoms with Gasteiger partial charge in [0.2, 0.25) is 0 Å². The van der Waals surface area contributed by atoms with Crippen LogP contribution in [0, 0.1) is 5.92 Å². The molecular weight excluding hydrogens is 252 g/mol. The normalized spacial score (nSPS) is 22.1. The maximum absolute atomic E-state index is 11.6. The molecule has 2 unspecified atom stereocenters. The van der Waals surface area contributed by atoms with E-state index in [1.165, 1.54) is 0 Å². The van der Waals surface area contributed by atoms with Gasteiger partial charge in [0.25, 0.3) is 0 Å². The lowest BCUT2D eigenvalue weighted by atomic mass is 10.0. The van der Waals surface area contributed by atoms with E-state index in [1.807, 2.05) is 6.07 Å². The van der Waals surface area contributed by atoms with Gasteiger partial charge in [-0.15, -0.1) is 0 Å². The number of rotatable bonds is 5. The van der Waals surface area contributed by atoms with Crippen molar-refractivity contribution in [2.24, 2.45) is 5.92 Å². The Hall–Kier alpha value is -2.02. The van der Waals surface area contributed by atoms with Crippen LogP contribution in [-0.4, -0.2) is 42.9 Å². The number of hydrogen-bond acceptors (Lipinski definition) is 4. The maximum Gasteiger partial charge on any atom is 0.315 e. The van der Waals surface area contributed by atoms with Crippen LogP contribution in [-0.2, 0) is 16.0 Å². The Morgan fingerprint density at radius 1 is 1.42 bits per heavy atom. The molecule has 1 aliphatic rings. The van der Waals surface area contributed by atoms with E-state index in [-0.39, 0.29) is 13.2 Å². The average Bonchev–Trinajstić information content (AvgIpc) is 2.99. The second-order valence-electron chi connectivity index (χ2n) is 4.32. The Morgan fingerprint density at radius 2 is 2.26 bits per heavy atom. The SMILES string of the molecule is O=C(NCCc1ccco1)NC1COCC1C(=O)O. The van der Waals surface area contributed by atoms with Crippen LogP contribution in [0.2, 0.25) is 0 Å². The molecule has 0 spiro atoms. The smallest absolute Gasteiger partial charge is 0.315 e. The molecule has 1 aromatic rings. The number of aliphatic carboxylic acids is 1. The molecule has 1 fully saturated rings. The summed E-state index contributed by atoms with van der Waals surface area (Å²) >= 11 is 0. The number of urea groups is 1. The summed E-state index contributed by atoms with van der Waals surface area (Å²) in [6.45, 7) is 0.778. The van der Waals surface area contributed by atoms with Gasteiger partial charge in [-0.1, -0.05) is 0 Å². The topological polar surface area (TPSA) is 101 Å². The number of carboxylic acids is 1. The Balaban J connectivity index is 1.70. The Bertz CT molecular complexity index is 431. The highest BCUT2D eigenvalue weighted by Crippen LogP contribution is 2.13. The minimum Gasteiger partial charge on any atom is -0.481 e.